The third-order valence-corrected chi connectivity index (χ3v) is 5.77. The number of rotatable bonds is 4. The second-order valence-corrected chi connectivity index (χ2v) is 9.79. The van der Waals surface area contributed by atoms with Crippen molar-refractivity contribution >= 4 is 23.1 Å². The van der Waals surface area contributed by atoms with Crippen LogP contribution in [0.1, 0.15) is 36.7 Å². The van der Waals surface area contributed by atoms with E-state index in [9.17, 15) is 9.59 Å². The number of hydrogen-bond acceptors (Lipinski definition) is 6. The standard InChI is InChI=1S/C26H29F2N3O5/c1-15-8-16-11-21(22-19(27)9-17(10-20(22)28)24(32)34-5)31(23(16)29-12-15)14-18-13-30(6-7-35-18)25(33)36-26(2,3)4/h8-12,18H,6-7,13-14H2,1-5H3/t18-/m1/s1. The molecular formula is C26H29F2N3O5. The van der Waals surface area contributed by atoms with Crippen LogP contribution in [0.2, 0.25) is 0 Å². The number of amides is 1. The van der Waals surface area contributed by atoms with Gasteiger partial charge in [0.2, 0.25) is 0 Å². The van der Waals surface area contributed by atoms with Crippen molar-refractivity contribution in [2.45, 2.75) is 45.9 Å². The number of halogens is 2. The smallest absolute Gasteiger partial charge is 0.410 e. The summed E-state index contributed by atoms with van der Waals surface area (Å²) in [5.74, 6) is -2.65. The first-order chi connectivity index (χ1) is 17.0. The molecule has 0 radical (unpaired) electrons. The fraction of sp³-hybridized carbons (Fsp3) is 0.423. The summed E-state index contributed by atoms with van der Waals surface area (Å²) in [6, 6.07) is 5.43. The van der Waals surface area contributed by atoms with Crippen LogP contribution in [0.15, 0.2) is 30.5 Å². The van der Waals surface area contributed by atoms with E-state index in [0.29, 0.717) is 24.2 Å². The number of nitrogens with zero attached hydrogens (tertiary/aromatic N) is 3. The molecule has 8 nitrogen and oxygen atoms in total. The van der Waals surface area contributed by atoms with Crippen molar-refractivity contribution in [3.05, 3.63) is 53.2 Å². The van der Waals surface area contributed by atoms with Crippen molar-refractivity contribution < 1.29 is 32.6 Å². The first-order valence-electron chi connectivity index (χ1n) is 11.6. The summed E-state index contributed by atoms with van der Waals surface area (Å²) in [7, 11) is 1.14. The summed E-state index contributed by atoms with van der Waals surface area (Å²) in [4.78, 5) is 30.5. The summed E-state index contributed by atoms with van der Waals surface area (Å²) >= 11 is 0. The van der Waals surface area contributed by atoms with Crippen LogP contribution in [0.5, 0.6) is 0 Å². The Labute approximate surface area is 207 Å². The first-order valence-corrected chi connectivity index (χ1v) is 11.6. The highest BCUT2D eigenvalue weighted by molar-refractivity contribution is 5.91. The van der Waals surface area contributed by atoms with Crippen molar-refractivity contribution in [3.63, 3.8) is 0 Å². The lowest BCUT2D eigenvalue weighted by Gasteiger charge is -2.34. The Bertz CT molecular complexity index is 1290. The topological polar surface area (TPSA) is 82.9 Å². The maximum Gasteiger partial charge on any atom is 0.410 e. The fourth-order valence-corrected chi connectivity index (χ4v) is 4.23. The van der Waals surface area contributed by atoms with Crippen LogP contribution in [-0.2, 0) is 20.8 Å². The van der Waals surface area contributed by atoms with Gasteiger partial charge in [0.05, 0.1) is 49.7 Å². The Morgan fingerprint density at radius 2 is 1.86 bits per heavy atom. The number of fused-ring (bicyclic) bond motifs is 1. The van der Waals surface area contributed by atoms with Gasteiger partial charge in [0.25, 0.3) is 0 Å². The zero-order valence-electron chi connectivity index (χ0n) is 20.9. The molecule has 0 saturated carbocycles. The molecule has 1 saturated heterocycles. The Hall–Kier alpha value is -3.53. The number of pyridine rings is 1. The molecule has 1 aromatic carbocycles. The molecule has 10 heteroatoms. The molecule has 0 spiro atoms. The zero-order valence-corrected chi connectivity index (χ0v) is 20.9. The highest BCUT2D eigenvalue weighted by atomic mass is 19.1. The van der Waals surface area contributed by atoms with E-state index in [4.69, 9.17) is 9.47 Å². The number of hydrogen-bond donors (Lipinski definition) is 0. The minimum Gasteiger partial charge on any atom is -0.465 e. The lowest BCUT2D eigenvalue weighted by molar-refractivity contribution is -0.0468. The van der Waals surface area contributed by atoms with Crippen LogP contribution >= 0.6 is 0 Å². The van der Waals surface area contributed by atoms with E-state index in [2.05, 4.69) is 9.72 Å². The van der Waals surface area contributed by atoms with Crippen molar-refractivity contribution in [3.8, 4) is 11.3 Å². The van der Waals surface area contributed by atoms with Gasteiger partial charge in [-0.1, -0.05) is 0 Å². The van der Waals surface area contributed by atoms with Crippen LogP contribution in [0, 0.1) is 18.6 Å². The lowest BCUT2D eigenvalue weighted by atomic mass is 10.1. The summed E-state index contributed by atoms with van der Waals surface area (Å²) in [5.41, 5.74) is 0.492. The van der Waals surface area contributed by atoms with E-state index < -0.39 is 35.4 Å². The van der Waals surface area contributed by atoms with Gasteiger partial charge in [-0.05, 0) is 57.5 Å². The first kappa shape index (κ1) is 25.6. The Morgan fingerprint density at radius 3 is 2.50 bits per heavy atom. The predicted molar refractivity (Wildman–Crippen MR) is 129 cm³/mol. The number of methoxy groups -OCH3 is 1. The van der Waals surface area contributed by atoms with E-state index in [-0.39, 0.29) is 29.9 Å². The summed E-state index contributed by atoms with van der Waals surface area (Å²) in [5, 5.41) is 0.695. The molecule has 0 unspecified atom stereocenters. The molecule has 36 heavy (non-hydrogen) atoms. The number of esters is 1. The van der Waals surface area contributed by atoms with Gasteiger partial charge in [-0.2, -0.15) is 0 Å². The van der Waals surface area contributed by atoms with E-state index in [0.717, 1.165) is 24.8 Å². The minimum atomic E-state index is -0.906. The van der Waals surface area contributed by atoms with Crippen LogP contribution in [0.3, 0.4) is 0 Å². The fourth-order valence-electron chi connectivity index (χ4n) is 4.23. The van der Waals surface area contributed by atoms with Gasteiger partial charge in [0.15, 0.2) is 0 Å². The van der Waals surface area contributed by atoms with Crippen molar-refractivity contribution in [2.75, 3.05) is 26.8 Å². The van der Waals surface area contributed by atoms with E-state index in [1.54, 1.807) is 42.5 Å². The summed E-state index contributed by atoms with van der Waals surface area (Å²) in [6.07, 6.45) is 0.756. The van der Waals surface area contributed by atoms with E-state index in [1.165, 1.54) is 0 Å². The average molecular weight is 502 g/mol. The summed E-state index contributed by atoms with van der Waals surface area (Å²) in [6.45, 7) is 8.36. The third-order valence-electron chi connectivity index (χ3n) is 5.77. The molecular weight excluding hydrogens is 472 g/mol. The van der Waals surface area contributed by atoms with Crippen molar-refractivity contribution in [1.82, 2.24) is 14.5 Å². The number of aryl methyl sites for hydroxylation is 1. The maximum absolute atomic E-state index is 15.2. The molecule has 0 N–H and O–H groups in total. The number of carbonyl (C=O) groups excluding carboxylic acids is 2. The van der Waals surface area contributed by atoms with Crippen molar-refractivity contribution in [2.24, 2.45) is 0 Å². The number of benzene rings is 1. The highest BCUT2D eigenvalue weighted by Gasteiger charge is 2.30. The molecule has 3 aromatic rings. The molecule has 2 aromatic heterocycles. The van der Waals surface area contributed by atoms with Gasteiger partial charge in [-0.3, -0.25) is 0 Å². The molecule has 1 fully saturated rings. The minimum absolute atomic E-state index is 0.186. The maximum atomic E-state index is 15.2. The molecule has 1 amide bonds. The Kier molecular flexibility index (Phi) is 6.99. The van der Waals surface area contributed by atoms with Crippen LogP contribution < -0.4 is 0 Å². The normalized spacial score (nSPS) is 16.3. The van der Waals surface area contributed by atoms with Crippen molar-refractivity contribution in [1.29, 1.82) is 0 Å². The quantitative estimate of drug-likeness (QED) is 0.482. The van der Waals surface area contributed by atoms with E-state index >= 15 is 8.78 Å². The third kappa shape index (κ3) is 5.33. The number of ether oxygens (including phenoxy) is 3. The largest absolute Gasteiger partial charge is 0.465 e. The number of aromatic nitrogens is 2. The Balaban J connectivity index is 1.72. The SMILES string of the molecule is COC(=O)c1cc(F)c(-c2cc3cc(C)cnc3n2C[C@H]2CN(C(=O)OC(C)(C)C)CCO2)c(F)c1. The number of morpholine rings is 1. The molecule has 3 heterocycles. The molecule has 1 aliphatic rings. The molecule has 4 rings (SSSR count). The van der Waals surface area contributed by atoms with Gasteiger partial charge >= 0.3 is 12.1 Å². The second-order valence-electron chi connectivity index (χ2n) is 9.79. The second kappa shape index (κ2) is 9.85. The van der Waals surface area contributed by atoms with Crippen LogP contribution in [0.25, 0.3) is 22.3 Å². The average Bonchev–Trinajstić information content (AvgIpc) is 3.13. The van der Waals surface area contributed by atoms with Gasteiger partial charge < -0.3 is 23.7 Å². The van der Waals surface area contributed by atoms with Gasteiger partial charge in [-0.15, -0.1) is 0 Å². The molecule has 1 aliphatic heterocycles. The zero-order chi connectivity index (χ0) is 26.2. The molecule has 1 atom stereocenters. The molecule has 0 bridgehead atoms. The monoisotopic (exact) mass is 501 g/mol. The molecule has 192 valence electrons. The van der Waals surface area contributed by atoms with Gasteiger partial charge in [0.1, 0.15) is 22.9 Å². The van der Waals surface area contributed by atoms with Crippen LogP contribution in [0.4, 0.5) is 13.6 Å². The number of carbonyl (C=O) groups is 2. The highest BCUT2D eigenvalue weighted by Crippen LogP contribution is 2.33. The summed E-state index contributed by atoms with van der Waals surface area (Å²) < 4.78 is 48.1. The predicted octanol–water partition coefficient (Wildman–Crippen LogP) is 4.71. The Morgan fingerprint density at radius 1 is 1.17 bits per heavy atom. The lowest BCUT2D eigenvalue weighted by Crippen LogP contribution is -2.48. The molecule has 0 aliphatic carbocycles. The van der Waals surface area contributed by atoms with Crippen LogP contribution in [-0.4, -0.2) is 65.0 Å². The van der Waals surface area contributed by atoms with Gasteiger partial charge in [0, 0.05) is 18.1 Å². The van der Waals surface area contributed by atoms with E-state index in [1.807, 2.05) is 13.0 Å². The van der Waals surface area contributed by atoms with Gasteiger partial charge in [-0.25, -0.2) is 23.4 Å².